The molecule has 4 rings (SSSR count). The van der Waals surface area contributed by atoms with Crippen LogP contribution in [-0.4, -0.2) is 25.0 Å². The summed E-state index contributed by atoms with van der Waals surface area (Å²) in [6, 6.07) is 21.6. The highest BCUT2D eigenvalue weighted by atomic mass is 16.5. The molecule has 0 bridgehead atoms. The van der Waals surface area contributed by atoms with Crippen molar-refractivity contribution < 1.29 is 14.3 Å². The first-order chi connectivity index (χ1) is 12.7. The Bertz CT molecular complexity index is 975. The molecule has 1 aliphatic rings. The molecule has 1 amide bonds. The van der Waals surface area contributed by atoms with E-state index in [4.69, 9.17) is 4.74 Å². The van der Waals surface area contributed by atoms with Crippen molar-refractivity contribution >= 4 is 28.3 Å². The lowest BCUT2D eigenvalue weighted by atomic mass is 10.0. The highest BCUT2D eigenvalue weighted by molar-refractivity contribution is 5.97. The van der Waals surface area contributed by atoms with Gasteiger partial charge in [-0.15, -0.1) is 0 Å². The van der Waals surface area contributed by atoms with E-state index < -0.39 is 0 Å². The fraction of sp³-hybridized carbons (Fsp3) is 0.182. The van der Waals surface area contributed by atoms with E-state index in [-0.39, 0.29) is 24.9 Å². The van der Waals surface area contributed by atoms with Crippen LogP contribution in [0.25, 0.3) is 10.8 Å². The normalized spacial score (nSPS) is 12.8. The fourth-order valence-corrected chi connectivity index (χ4v) is 3.47. The highest BCUT2D eigenvalue weighted by Gasteiger charge is 2.24. The molecule has 0 saturated carbocycles. The average Bonchev–Trinajstić information content (AvgIpc) is 3.11. The van der Waals surface area contributed by atoms with Crippen molar-refractivity contribution in [1.82, 2.24) is 0 Å². The molecule has 0 atom stereocenters. The van der Waals surface area contributed by atoms with Gasteiger partial charge in [-0.25, -0.2) is 0 Å². The topological polar surface area (TPSA) is 46.6 Å². The Morgan fingerprint density at radius 1 is 0.923 bits per heavy atom. The van der Waals surface area contributed by atoms with E-state index >= 15 is 0 Å². The van der Waals surface area contributed by atoms with E-state index in [1.54, 1.807) is 4.90 Å². The molecule has 0 aromatic heterocycles. The minimum absolute atomic E-state index is 0.158. The van der Waals surface area contributed by atoms with E-state index in [1.165, 1.54) is 0 Å². The lowest BCUT2D eigenvalue weighted by Crippen LogP contribution is -2.33. The second kappa shape index (κ2) is 7.00. The van der Waals surface area contributed by atoms with Crippen LogP contribution in [0.4, 0.5) is 5.69 Å². The van der Waals surface area contributed by atoms with Gasteiger partial charge in [0.2, 0.25) is 0 Å². The summed E-state index contributed by atoms with van der Waals surface area (Å²) in [5, 5.41) is 2.12. The lowest BCUT2D eigenvalue weighted by Gasteiger charge is -2.17. The number of carbonyl (C=O) groups excluding carboxylic acids is 2. The first kappa shape index (κ1) is 16.3. The number of esters is 1. The molecule has 0 N–H and O–H groups in total. The Morgan fingerprint density at radius 2 is 1.69 bits per heavy atom. The van der Waals surface area contributed by atoms with Gasteiger partial charge in [0, 0.05) is 12.2 Å². The van der Waals surface area contributed by atoms with Gasteiger partial charge in [-0.05, 0) is 34.4 Å². The molecule has 3 aromatic rings. The highest BCUT2D eigenvalue weighted by Crippen LogP contribution is 2.27. The SMILES string of the molecule is O=C(Cc1cccc2ccccc12)OCC(=O)N1CCc2ccccc21. The van der Waals surface area contributed by atoms with Crippen LogP contribution < -0.4 is 4.90 Å². The summed E-state index contributed by atoms with van der Waals surface area (Å²) in [5.74, 6) is -0.566. The van der Waals surface area contributed by atoms with Crippen LogP contribution in [0, 0.1) is 0 Å². The van der Waals surface area contributed by atoms with Crippen molar-refractivity contribution in [3.8, 4) is 0 Å². The molecule has 0 radical (unpaired) electrons. The van der Waals surface area contributed by atoms with Crippen molar-refractivity contribution in [2.75, 3.05) is 18.1 Å². The van der Waals surface area contributed by atoms with E-state index in [9.17, 15) is 9.59 Å². The lowest BCUT2D eigenvalue weighted by molar-refractivity contribution is -0.147. The van der Waals surface area contributed by atoms with Crippen LogP contribution >= 0.6 is 0 Å². The molecule has 4 nitrogen and oxygen atoms in total. The average molecular weight is 345 g/mol. The van der Waals surface area contributed by atoms with Gasteiger partial charge in [0.25, 0.3) is 5.91 Å². The van der Waals surface area contributed by atoms with Gasteiger partial charge in [-0.2, -0.15) is 0 Å². The van der Waals surface area contributed by atoms with Crippen molar-refractivity contribution in [1.29, 1.82) is 0 Å². The van der Waals surface area contributed by atoms with E-state index in [0.29, 0.717) is 6.54 Å². The van der Waals surface area contributed by atoms with Gasteiger partial charge >= 0.3 is 5.97 Å². The van der Waals surface area contributed by atoms with Crippen LogP contribution in [0.3, 0.4) is 0 Å². The third-order valence-electron chi connectivity index (χ3n) is 4.76. The maximum Gasteiger partial charge on any atom is 0.310 e. The fourth-order valence-electron chi connectivity index (χ4n) is 3.47. The van der Waals surface area contributed by atoms with Crippen LogP contribution in [0.1, 0.15) is 11.1 Å². The summed E-state index contributed by atoms with van der Waals surface area (Å²) >= 11 is 0. The van der Waals surface area contributed by atoms with Crippen LogP contribution in [-0.2, 0) is 27.2 Å². The maximum atomic E-state index is 12.4. The number of anilines is 1. The molecule has 26 heavy (non-hydrogen) atoms. The third-order valence-corrected chi connectivity index (χ3v) is 4.76. The van der Waals surface area contributed by atoms with Gasteiger partial charge < -0.3 is 9.64 Å². The van der Waals surface area contributed by atoms with Gasteiger partial charge in [-0.1, -0.05) is 60.7 Å². The first-order valence-corrected chi connectivity index (χ1v) is 8.73. The zero-order valence-corrected chi connectivity index (χ0v) is 14.4. The summed E-state index contributed by atoms with van der Waals surface area (Å²) in [6.45, 7) is 0.414. The number of benzene rings is 3. The van der Waals surface area contributed by atoms with Gasteiger partial charge in [0.05, 0.1) is 6.42 Å². The maximum absolute atomic E-state index is 12.4. The number of nitrogens with zero attached hydrogens (tertiary/aromatic N) is 1. The van der Waals surface area contributed by atoms with Crippen molar-refractivity contribution in [2.24, 2.45) is 0 Å². The Morgan fingerprint density at radius 3 is 2.62 bits per heavy atom. The standard InChI is InChI=1S/C22H19NO3/c24-21(23-13-12-17-7-2-4-11-20(17)23)15-26-22(25)14-18-9-5-8-16-6-1-3-10-19(16)18/h1-11H,12-15H2. The summed E-state index contributed by atoms with van der Waals surface area (Å²) in [4.78, 5) is 26.3. The Kier molecular flexibility index (Phi) is 4.40. The Labute approximate surface area is 152 Å². The minimum atomic E-state index is -0.387. The number of hydrogen-bond donors (Lipinski definition) is 0. The molecule has 130 valence electrons. The van der Waals surface area contributed by atoms with Crippen molar-refractivity contribution in [2.45, 2.75) is 12.8 Å². The number of carbonyl (C=O) groups is 2. The smallest absolute Gasteiger partial charge is 0.310 e. The number of amides is 1. The number of rotatable bonds is 4. The summed E-state index contributed by atoms with van der Waals surface area (Å²) in [7, 11) is 0. The third kappa shape index (κ3) is 3.18. The molecule has 0 fully saturated rings. The quantitative estimate of drug-likeness (QED) is 0.680. The Hall–Kier alpha value is -3.14. The molecule has 0 saturated heterocycles. The molecular formula is C22H19NO3. The zero-order valence-electron chi connectivity index (χ0n) is 14.4. The van der Waals surface area contributed by atoms with Gasteiger partial charge in [0.1, 0.15) is 0 Å². The summed E-state index contributed by atoms with van der Waals surface area (Å²) in [5.41, 5.74) is 2.98. The molecule has 4 heteroatoms. The van der Waals surface area contributed by atoms with Crippen molar-refractivity contribution in [3.63, 3.8) is 0 Å². The molecule has 0 spiro atoms. The molecule has 0 unspecified atom stereocenters. The molecule has 1 heterocycles. The van der Waals surface area contributed by atoms with Crippen LogP contribution in [0.5, 0.6) is 0 Å². The summed E-state index contributed by atoms with van der Waals surface area (Å²) in [6.07, 6.45) is 0.997. The zero-order chi connectivity index (χ0) is 17.9. The van der Waals surface area contributed by atoms with Gasteiger partial charge in [-0.3, -0.25) is 9.59 Å². The molecular weight excluding hydrogens is 326 g/mol. The first-order valence-electron chi connectivity index (χ1n) is 8.73. The number of para-hydroxylation sites is 1. The second-order valence-corrected chi connectivity index (χ2v) is 6.40. The van der Waals surface area contributed by atoms with E-state index in [1.807, 2.05) is 66.7 Å². The van der Waals surface area contributed by atoms with Crippen LogP contribution in [0.2, 0.25) is 0 Å². The summed E-state index contributed by atoms with van der Waals surface area (Å²) < 4.78 is 5.25. The Balaban J connectivity index is 1.39. The molecule has 3 aromatic carbocycles. The predicted octanol–water partition coefficient (Wildman–Crippen LogP) is 3.51. The van der Waals surface area contributed by atoms with Crippen molar-refractivity contribution in [3.05, 3.63) is 77.9 Å². The molecule has 0 aliphatic carbocycles. The minimum Gasteiger partial charge on any atom is -0.455 e. The largest absolute Gasteiger partial charge is 0.455 e. The van der Waals surface area contributed by atoms with E-state index in [2.05, 4.69) is 0 Å². The number of ether oxygens (including phenoxy) is 1. The number of fused-ring (bicyclic) bond motifs is 2. The number of hydrogen-bond acceptors (Lipinski definition) is 3. The van der Waals surface area contributed by atoms with Crippen LogP contribution in [0.15, 0.2) is 66.7 Å². The van der Waals surface area contributed by atoms with Gasteiger partial charge in [0.15, 0.2) is 6.61 Å². The van der Waals surface area contributed by atoms with E-state index in [0.717, 1.165) is 34.0 Å². The second-order valence-electron chi connectivity index (χ2n) is 6.40. The predicted molar refractivity (Wildman–Crippen MR) is 101 cm³/mol. The monoisotopic (exact) mass is 345 g/mol. The molecule has 1 aliphatic heterocycles.